The van der Waals surface area contributed by atoms with Crippen LogP contribution < -0.4 is 5.73 Å². The van der Waals surface area contributed by atoms with E-state index in [9.17, 15) is 4.79 Å². The largest absolute Gasteiger partial charge is 0.341 e. The monoisotopic (exact) mass is 409 g/mol. The van der Waals surface area contributed by atoms with E-state index >= 15 is 0 Å². The third kappa shape index (κ3) is 5.13. The lowest BCUT2D eigenvalue weighted by Crippen LogP contribution is -2.48. The summed E-state index contributed by atoms with van der Waals surface area (Å²) >= 11 is 13.9. The Bertz CT molecular complexity index is 752. The van der Waals surface area contributed by atoms with Crippen molar-refractivity contribution in [3.8, 4) is 0 Å². The first-order valence-electron chi connectivity index (χ1n) is 8.59. The van der Waals surface area contributed by atoms with Crippen LogP contribution in [0.25, 0.3) is 0 Å². The van der Waals surface area contributed by atoms with Gasteiger partial charge in [0.2, 0.25) is 5.91 Å². The maximum absolute atomic E-state index is 12.7. The lowest BCUT2D eigenvalue weighted by atomic mass is 10.0. The molecule has 2 aromatic rings. The number of rotatable bonds is 5. The molecular formula is C19H21Cl2N3OS. The van der Waals surface area contributed by atoms with Gasteiger partial charge in [-0.15, -0.1) is 11.8 Å². The van der Waals surface area contributed by atoms with E-state index in [0.29, 0.717) is 21.7 Å². The van der Waals surface area contributed by atoms with Gasteiger partial charge in [-0.2, -0.15) is 0 Å². The molecule has 1 amide bonds. The lowest BCUT2D eigenvalue weighted by Gasteiger charge is -2.33. The van der Waals surface area contributed by atoms with Crippen LogP contribution in [0.5, 0.6) is 0 Å². The topological polar surface area (TPSA) is 59.2 Å². The summed E-state index contributed by atoms with van der Waals surface area (Å²) in [5.74, 6) is -0.0164. The maximum Gasteiger partial charge on any atom is 0.239 e. The number of nitrogens with zero attached hydrogens (tertiary/aromatic N) is 2. The number of piperidine rings is 1. The number of thioether (sulfide) groups is 1. The van der Waals surface area contributed by atoms with Crippen molar-refractivity contribution >= 4 is 40.9 Å². The van der Waals surface area contributed by atoms with Gasteiger partial charge in [-0.1, -0.05) is 35.3 Å². The fourth-order valence-corrected chi connectivity index (χ4v) is 4.58. The average molecular weight is 410 g/mol. The number of benzene rings is 1. The van der Waals surface area contributed by atoms with Crippen LogP contribution in [0, 0.1) is 0 Å². The van der Waals surface area contributed by atoms with E-state index in [1.165, 1.54) is 0 Å². The summed E-state index contributed by atoms with van der Waals surface area (Å²) < 4.78 is 0. The Kier molecular flexibility index (Phi) is 6.81. The highest BCUT2D eigenvalue weighted by Gasteiger charge is 2.27. The van der Waals surface area contributed by atoms with Gasteiger partial charge in [-0.25, -0.2) is 4.98 Å². The molecule has 1 aromatic carbocycles. The molecule has 3 rings (SSSR count). The molecule has 2 heterocycles. The van der Waals surface area contributed by atoms with E-state index in [4.69, 9.17) is 28.9 Å². The number of halogens is 2. The van der Waals surface area contributed by atoms with Crippen LogP contribution in [0.2, 0.25) is 10.0 Å². The predicted octanol–water partition coefficient (Wildman–Crippen LogP) is 4.04. The zero-order valence-electron chi connectivity index (χ0n) is 14.3. The van der Waals surface area contributed by atoms with Gasteiger partial charge in [0.1, 0.15) is 0 Å². The quantitative estimate of drug-likeness (QED) is 0.808. The fraction of sp³-hybridized carbons (Fsp3) is 0.368. The molecule has 0 bridgehead atoms. The molecule has 1 fully saturated rings. The smallest absolute Gasteiger partial charge is 0.239 e. The summed E-state index contributed by atoms with van der Waals surface area (Å²) in [5.41, 5.74) is 6.99. The van der Waals surface area contributed by atoms with Gasteiger partial charge in [0.05, 0.1) is 11.1 Å². The molecule has 1 aromatic heterocycles. The van der Waals surface area contributed by atoms with E-state index in [-0.39, 0.29) is 5.91 Å². The minimum Gasteiger partial charge on any atom is -0.341 e. The Morgan fingerprint density at radius 3 is 2.69 bits per heavy atom. The number of hydrogen-bond donors (Lipinski definition) is 1. The minimum atomic E-state index is -0.589. The van der Waals surface area contributed by atoms with Crippen molar-refractivity contribution in [3.05, 3.63) is 58.2 Å². The van der Waals surface area contributed by atoms with Gasteiger partial charge in [0.15, 0.2) is 0 Å². The molecule has 7 heteroatoms. The highest BCUT2D eigenvalue weighted by atomic mass is 35.5. The summed E-state index contributed by atoms with van der Waals surface area (Å²) in [6.45, 7) is 1.46. The van der Waals surface area contributed by atoms with Gasteiger partial charge in [0.25, 0.3) is 0 Å². The van der Waals surface area contributed by atoms with E-state index in [1.807, 2.05) is 35.4 Å². The molecule has 0 unspecified atom stereocenters. The van der Waals surface area contributed by atoms with Crippen LogP contribution >= 0.6 is 35.0 Å². The summed E-state index contributed by atoms with van der Waals surface area (Å²) in [7, 11) is 0. The zero-order chi connectivity index (χ0) is 18.5. The molecule has 1 aliphatic heterocycles. The number of carbonyl (C=O) groups is 1. The molecule has 2 N–H and O–H groups in total. The van der Waals surface area contributed by atoms with Crippen LogP contribution in [-0.2, 0) is 11.2 Å². The minimum absolute atomic E-state index is 0.0164. The first-order valence-corrected chi connectivity index (χ1v) is 10.2. The lowest BCUT2D eigenvalue weighted by molar-refractivity contribution is -0.133. The van der Waals surface area contributed by atoms with Crippen molar-refractivity contribution in [2.24, 2.45) is 5.73 Å². The number of hydrogen-bond acceptors (Lipinski definition) is 4. The molecule has 1 atom stereocenters. The first-order chi connectivity index (χ1) is 12.5. The van der Waals surface area contributed by atoms with Crippen molar-refractivity contribution < 1.29 is 4.79 Å². The summed E-state index contributed by atoms with van der Waals surface area (Å²) in [5, 5.41) is 2.64. The Labute approximate surface area is 168 Å². The second kappa shape index (κ2) is 9.09. The molecule has 26 heavy (non-hydrogen) atoms. The van der Waals surface area contributed by atoms with Crippen molar-refractivity contribution in [2.45, 2.75) is 35.6 Å². The molecule has 0 aliphatic carbocycles. The van der Waals surface area contributed by atoms with E-state index < -0.39 is 6.04 Å². The highest BCUT2D eigenvalue weighted by molar-refractivity contribution is 7.99. The van der Waals surface area contributed by atoms with Gasteiger partial charge in [0, 0.05) is 34.6 Å². The van der Waals surface area contributed by atoms with Gasteiger partial charge in [-0.3, -0.25) is 4.79 Å². The van der Waals surface area contributed by atoms with Gasteiger partial charge >= 0.3 is 0 Å². The summed E-state index contributed by atoms with van der Waals surface area (Å²) in [6, 6.07) is 10.6. The molecular weight excluding hydrogens is 389 g/mol. The van der Waals surface area contributed by atoms with Crippen LogP contribution in [0.4, 0.5) is 0 Å². The van der Waals surface area contributed by atoms with Crippen molar-refractivity contribution in [2.75, 3.05) is 13.1 Å². The van der Waals surface area contributed by atoms with Crippen molar-refractivity contribution in [1.82, 2.24) is 9.88 Å². The van der Waals surface area contributed by atoms with Gasteiger partial charge < -0.3 is 10.6 Å². The Balaban J connectivity index is 1.51. The standard InChI is InChI=1S/C19H21Cl2N3OS/c20-14-5-4-13(16(21)12-14)11-17(22)19(25)24-9-6-15(7-10-24)26-18-3-1-2-8-23-18/h1-5,8,12,15,17H,6-7,9-11,22H2/t17-/m1/s1. The van der Waals surface area contributed by atoms with Crippen LogP contribution in [0.3, 0.4) is 0 Å². The number of pyridine rings is 1. The average Bonchev–Trinajstić information content (AvgIpc) is 2.65. The Hall–Kier alpha value is -1.27. The third-order valence-electron chi connectivity index (χ3n) is 4.45. The molecule has 1 aliphatic rings. The van der Waals surface area contributed by atoms with E-state index in [2.05, 4.69) is 4.98 Å². The van der Waals surface area contributed by atoms with Crippen molar-refractivity contribution in [3.63, 3.8) is 0 Å². The second-order valence-electron chi connectivity index (χ2n) is 6.36. The van der Waals surface area contributed by atoms with E-state index in [0.717, 1.165) is 36.5 Å². The third-order valence-corrected chi connectivity index (χ3v) is 6.33. The Morgan fingerprint density at radius 2 is 2.04 bits per heavy atom. The van der Waals surface area contributed by atoms with Gasteiger partial charge in [-0.05, 0) is 49.1 Å². The molecule has 4 nitrogen and oxygen atoms in total. The van der Waals surface area contributed by atoms with E-state index in [1.54, 1.807) is 23.9 Å². The normalized spacial score (nSPS) is 16.5. The predicted molar refractivity (Wildman–Crippen MR) is 108 cm³/mol. The van der Waals surface area contributed by atoms with Crippen LogP contribution in [0.1, 0.15) is 18.4 Å². The zero-order valence-corrected chi connectivity index (χ0v) is 16.6. The number of carbonyl (C=O) groups excluding carboxylic acids is 1. The molecule has 0 spiro atoms. The van der Waals surface area contributed by atoms with Crippen LogP contribution in [-0.4, -0.2) is 40.2 Å². The highest BCUT2D eigenvalue weighted by Crippen LogP contribution is 2.29. The number of likely N-dealkylation sites (tertiary alicyclic amines) is 1. The number of amides is 1. The molecule has 0 radical (unpaired) electrons. The van der Waals surface area contributed by atoms with Crippen molar-refractivity contribution in [1.29, 1.82) is 0 Å². The summed E-state index contributed by atoms with van der Waals surface area (Å²) in [4.78, 5) is 18.9. The second-order valence-corrected chi connectivity index (χ2v) is 8.52. The number of nitrogens with two attached hydrogens (primary N) is 1. The number of aromatic nitrogens is 1. The van der Waals surface area contributed by atoms with Crippen LogP contribution in [0.15, 0.2) is 47.6 Å². The molecule has 1 saturated heterocycles. The molecule has 138 valence electrons. The first kappa shape index (κ1) is 19.5. The summed E-state index contributed by atoms with van der Waals surface area (Å²) in [6.07, 6.45) is 4.11. The Morgan fingerprint density at radius 1 is 1.27 bits per heavy atom. The SMILES string of the molecule is N[C@H](Cc1ccc(Cl)cc1Cl)C(=O)N1CCC(Sc2ccccn2)CC1. The maximum atomic E-state index is 12.7. The fourth-order valence-electron chi connectivity index (χ4n) is 3.03. The molecule has 0 saturated carbocycles.